The van der Waals surface area contributed by atoms with Gasteiger partial charge in [0.15, 0.2) is 0 Å². The van der Waals surface area contributed by atoms with Crippen LogP contribution in [0.4, 0.5) is 0 Å². The van der Waals surface area contributed by atoms with Gasteiger partial charge in [0.05, 0.1) is 6.26 Å². The van der Waals surface area contributed by atoms with Crippen molar-refractivity contribution in [3.63, 3.8) is 0 Å². The lowest BCUT2D eigenvalue weighted by Gasteiger charge is -2.09. The van der Waals surface area contributed by atoms with E-state index in [2.05, 4.69) is 50.2 Å². The second-order valence-electron chi connectivity index (χ2n) is 4.84. The minimum absolute atomic E-state index is 0.915. The second-order valence-corrected chi connectivity index (χ2v) is 5.93. The number of aryl methyl sites for hydroxylation is 2. The van der Waals surface area contributed by atoms with Gasteiger partial charge < -0.3 is 4.42 Å². The molecule has 0 spiro atoms. The van der Waals surface area contributed by atoms with E-state index in [1.54, 1.807) is 18.0 Å². The minimum Gasteiger partial charge on any atom is -0.464 e. The predicted molar refractivity (Wildman–Crippen MR) is 84.2 cm³/mol. The van der Waals surface area contributed by atoms with Crippen LogP contribution in [0.25, 0.3) is 11.3 Å². The number of hydrogen-bond acceptors (Lipinski definition) is 2. The highest BCUT2D eigenvalue weighted by molar-refractivity contribution is 7.99. The van der Waals surface area contributed by atoms with Gasteiger partial charge >= 0.3 is 0 Å². The highest BCUT2D eigenvalue weighted by Gasteiger charge is 2.09. The second kappa shape index (κ2) is 5.59. The third-order valence-corrected chi connectivity index (χ3v) is 4.48. The molecule has 1 aromatic heterocycles. The first-order chi connectivity index (χ1) is 9.74. The molecule has 0 aliphatic carbocycles. The van der Waals surface area contributed by atoms with Gasteiger partial charge in [-0.3, -0.25) is 0 Å². The van der Waals surface area contributed by atoms with Crippen LogP contribution in [-0.4, -0.2) is 0 Å². The van der Waals surface area contributed by atoms with Crippen molar-refractivity contribution in [2.75, 3.05) is 0 Å². The lowest BCUT2D eigenvalue weighted by molar-refractivity contribution is 0.581. The summed E-state index contributed by atoms with van der Waals surface area (Å²) in [6.45, 7) is 4.28. The molecule has 0 unspecified atom stereocenters. The van der Waals surface area contributed by atoms with Crippen molar-refractivity contribution in [3.05, 3.63) is 72.0 Å². The molecule has 20 heavy (non-hydrogen) atoms. The summed E-state index contributed by atoms with van der Waals surface area (Å²) in [5.41, 5.74) is 3.75. The van der Waals surface area contributed by atoms with Crippen LogP contribution >= 0.6 is 11.8 Å². The van der Waals surface area contributed by atoms with Crippen molar-refractivity contribution in [2.45, 2.75) is 23.6 Å². The van der Waals surface area contributed by atoms with Crippen LogP contribution in [0, 0.1) is 13.8 Å². The Morgan fingerprint density at radius 1 is 0.850 bits per heavy atom. The van der Waals surface area contributed by atoms with E-state index in [9.17, 15) is 0 Å². The van der Waals surface area contributed by atoms with Crippen molar-refractivity contribution >= 4 is 11.8 Å². The Hall–Kier alpha value is -1.93. The summed E-state index contributed by atoms with van der Waals surface area (Å²) in [5, 5.41) is 0. The monoisotopic (exact) mass is 280 g/mol. The molecule has 100 valence electrons. The Bertz CT molecular complexity index is 714. The zero-order valence-corrected chi connectivity index (χ0v) is 12.4. The topological polar surface area (TPSA) is 13.1 Å². The van der Waals surface area contributed by atoms with Crippen LogP contribution in [0.5, 0.6) is 0 Å². The summed E-state index contributed by atoms with van der Waals surface area (Å²) in [7, 11) is 0. The van der Waals surface area contributed by atoms with E-state index >= 15 is 0 Å². The third kappa shape index (κ3) is 2.66. The summed E-state index contributed by atoms with van der Waals surface area (Å²) in [4.78, 5) is 2.50. The molecule has 0 N–H and O–H groups in total. The first-order valence-corrected chi connectivity index (χ1v) is 7.44. The van der Waals surface area contributed by atoms with Gasteiger partial charge in [0.25, 0.3) is 0 Å². The molecule has 1 nitrogen and oxygen atoms in total. The number of furan rings is 1. The van der Waals surface area contributed by atoms with Crippen molar-refractivity contribution in [1.29, 1.82) is 0 Å². The van der Waals surface area contributed by atoms with E-state index in [4.69, 9.17) is 4.42 Å². The first kappa shape index (κ1) is 13.1. The Labute approximate surface area is 123 Å². The van der Waals surface area contributed by atoms with Crippen molar-refractivity contribution in [1.82, 2.24) is 0 Å². The fourth-order valence-electron chi connectivity index (χ4n) is 2.22. The van der Waals surface area contributed by atoms with E-state index in [-0.39, 0.29) is 0 Å². The molecule has 0 radical (unpaired) electrons. The van der Waals surface area contributed by atoms with Crippen LogP contribution in [0.3, 0.4) is 0 Å². The summed E-state index contributed by atoms with van der Waals surface area (Å²) >= 11 is 1.79. The van der Waals surface area contributed by atoms with E-state index in [1.807, 2.05) is 18.2 Å². The Morgan fingerprint density at radius 3 is 2.45 bits per heavy atom. The summed E-state index contributed by atoms with van der Waals surface area (Å²) in [5.74, 6) is 0.915. The molecular formula is C18H16OS. The molecule has 0 fully saturated rings. The van der Waals surface area contributed by atoms with Crippen LogP contribution in [0.15, 0.2) is 75.1 Å². The van der Waals surface area contributed by atoms with Crippen LogP contribution in [-0.2, 0) is 0 Å². The quantitative estimate of drug-likeness (QED) is 0.609. The number of benzene rings is 2. The zero-order chi connectivity index (χ0) is 13.9. The maximum atomic E-state index is 5.53. The van der Waals surface area contributed by atoms with Gasteiger partial charge in [-0.1, -0.05) is 47.7 Å². The van der Waals surface area contributed by atoms with Crippen LogP contribution in [0.2, 0.25) is 0 Å². The van der Waals surface area contributed by atoms with Gasteiger partial charge in [-0.25, -0.2) is 0 Å². The molecule has 2 heteroatoms. The summed E-state index contributed by atoms with van der Waals surface area (Å²) in [6.07, 6.45) is 1.72. The normalized spacial score (nSPS) is 10.7. The van der Waals surface area contributed by atoms with Gasteiger partial charge in [-0.2, -0.15) is 0 Å². The molecule has 0 bridgehead atoms. The van der Waals surface area contributed by atoms with Gasteiger partial charge in [-0.15, -0.1) is 0 Å². The molecule has 0 atom stereocenters. The van der Waals surface area contributed by atoms with E-state index < -0.39 is 0 Å². The van der Waals surface area contributed by atoms with E-state index in [0.717, 1.165) is 11.3 Å². The Balaban J connectivity index is 1.99. The molecule has 0 saturated carbocycles. The van der Waals surface area contributed by atoms with E-state index in [0.29, 0.717) is 0 Å². The first-order valence-electron chi connectivity index (χ1n) is 6.62. The van der Waals surface area contributed by atoms with Crippen molar-refractivity contribution in [3.8, 4) is 11.3 Å². The molecule has 0 aliphatic heterocycles. The maximum Gasteiger partial charge on any atom is 0.134 e. The lowest BCUT2D eigenvalue weighted by Crippen LogP contribution is -1.84. The summed E-state index contributed by atoms with van der Waals surface area (Å²) in [6, 6.07) is 18.8. The van der Waals surface area contributed by atoms with Crippen molar-refractivity contribution in [2.24, 2.45) is 0 Å². The van der Waals surface area contributed by atoms with Gasteiger partial charge in [-0.05, 0) is 43.7 Å². The van der Waals surface area contributed by atoms with Crippen LogP contribution < -0.4 is 0 Å². The summed E-state index contributed by atoms with van der Waals surface area (Å²) < 4.78 is 5.53. The molecule has 0 aliphatic rings. The average molecular weight is 280 g/mol. The number of hydrogen-bond donors (Lipinski definition) is 0. The molecule has 0 amide bonds. The smallest absolute Gasteiger partial charge is 0.134 e. The van der Waals surface area contributed by atoms with E-state index in [1.165, 1.54) is 20.9 Å². The number of rotatable bonds is 3. The fourth-order valence-corrected chi connectivity index (χ4v) is 3.24. The molecule has 0 saturated heterocycles. The molecular weight excluding hydrogens is 264 g/mol. The predicted octanol–water partition coefficient (Wildman–Crippen LogP) is 5.71. The molecule has 3 rings (SSSR count). The largest absolute Gasteiger partial charge is 0.464 e. The SMILES string of the molecule is Cc1ccc(Sc2ccccc2-c2ccco2)c(C)c1. The van der Waals surface area contributed by atoms with Gasteiger partial charge in [0.2, 0.25) is 0 Å². The van der Waals surface area contributed by atoms with Gasteiger partial charge in [0.1, 0.15) is 5.76 Å². The third-order valence-electron chi connectivity index (χ3n) is 3.22. The molecule has 3 aromatic rings. The standard InChI is InChI=1S/C18H16OS/c1-13-9-10-17(14(2)12-13)20-18-8-4-3-6-15(18)16-7-5-11-19-16/h3-12H,1-2H3. The maximum absolute atomic E-state index is 5.53. The van der Waals surface area contributed by atoms with Crippen molar-refractivity contribution < 1.29 is 4.42 Å². The Morgan fingerprint density at radius 2 is 1.70 bits per heavy atom. The Kier molecular flexibility index (Phi) is 3.66. The lowest BCUT2D eigenvalue weighted by atomic mass is 10.2. The van der Waals surface area contributed by atoms with Crippen LogP contribution in [0.1, 0.15) is 11.1 Å². The van der Waals surface area contributed by atoms with Gasteiger partial charge in [0, 0.05) is 15.4 Å². The minimum atomic E-state index is 0.915. The average Bonchev–Trinajstić information content (AvgIpc) is 2.96. The fraction of sp³-hybridized carbons (Fsp3) is 0.111. The highest BCUT2D eigenvalue weighted by atomic mass is 32.2. The highest BCUT2D eigenvalue weighted by Crippen LogP contribution is 2.37. The molecule has 2 aromatic carbocycles. The molecule has 1 heterocycles. The zero-order valence-electron chi connectivity index (χ0n) is 11.6.